The molecule has 2 N–H and O–H groups in total. The summed E-state index contributed by atoms with van der Waals surface area (Å²) in [6.45, 7) is 8.05. The number of nitrogens with zero attached hydrogens (tertiary/aromatic N) is 1. The van der Waals surface area contributed by atoms with Crippen LogP contribution in [0.2, 0.25) is 5.15 Å². The lowest BCUT2D eigenvalue weighted by Gasteiger charge is -2.32. The summed E-state index contributed by atoms with van der Waals surface area (Å²) in [6, 6.07) is 3.52. The number of nitrogens with two attached hydrogens (primary N) is 1. The van der Waals surface area contributed by atoms with Crippen LogP contribution < -0.4 is 5.73 Å². The number of hydrogen-bond donors (Lipinski definition) is 1. The zero-order valence-corrected chi connectivity index (χ0v) is 12.4. The topological polar surface area (TPSA) is 57.4 Å². The van der Waals surface area contributed by atoms with Crippen molar-refractivity contribution in [1.82, 2.24) is 4.98 Å². The second kappa shape index (κ2) is 4.82. The van der Waals surface area contributed by atoms with E-state index < -0.39 is 0 Å². The maximum absolute atomic E-state index is 5.87. The molecule has 6 heteroatoms. The SMILES string of the molecule is CC1(C)OB(/C=C/c2ccc(N)c(Cl)n2)OC1(C)C. The van der Waals surface area contributed by atoms with Crippen LogP contribution in [0.4, 0.5) is 5.69 Å². The van der Waals surface area contributed by atoms with Crippen molar-refractivity contribution >= 4 is 30.5 Å². The van der Waals surface area contributed by atoms with E-state index in [9.17, 15) is 0 Å². The Balaban J connectivity index is 2.10. The third-order valence-electron chi connectivity index (χ3n) is 3.59. The molecule has 102 valence electrons. The number of anilines is 1. The zero-order valence-electron chi connectivity index (χ0n) is 11.6. The largest absolute Gasteiger partial charge is 0.487 e. The number of hydrogen-bond acceptors (Lipinski definition) is 4. The first kappa shape index (κ1) is 14.4. The quantitative estimate of drug-likeness (QED) is 0.668. The Morgan fingerprint density at radius 2 is 1.79 bits per heavy atom. The molecule has 2 heterocycles. The Morgan fingerprint density at radius 1 is 1.21 bits per heavy atom. The molecular formula is C13H18BClN2O2. The summed E-state index contributed by atoms with van der Waals surface area (Å²) in [7, 11) is -0.386. The second-order valence-corrected chi connectivity index (χ2v) is 5.96. The number of pyridine rings is 1. The molecule has 0 aliphatic carbocycles. The van der Waals surface area contributed by atoms with E-state index in [-0.39, 0.29) is 18.3 Å². The average Bonchev–Trinajstić information content (AvgIpc) is 2.49. The van der Waals surface area contributed by atoms with Gasteiger partial charge in [0.1, 0.15) is 0 Å². The van der Waals surface area contributed by atoms with Crippen molar-refractivity contribution in [3.05, 3.63) is 29.0 Å². The van der Waals surface area contributed by atoms with Crippen LogP contribution in [-0.4, -0.2) is 23.3 Å². The third kappa shape index (κ3) is 2.94. The lowest BCUT2D eigenvalue weighted by molar-refractivity contribution is 0.00578. The van der Waals surface area contributed by atoms with Crippen molar-refractivity contribution in [1.29, 1.82) is 0 Å². The van der Waals surface area contributed by atoms with Gasteiger partial charge in [-0.2, -0.15) is 0 Å². The van der Waals surface area contributed by atoms with Gasteiger partial charge in [0.2, 0.25) is 0 Å². The Bertz CT molecular complexity index is 501. The fourth-order valence-electron chi connectivity index (χ4n) is 1.70. The van der Waals surface area contributed by atoms with Gasteiger partial charge in [-0.25, -0.2) is 4.98 Å². The van der Waals surface area contributed by atoms with Gasteiger partial charge in [-0.15, -0.1) is 0 Å². The highest BCUT2D eigenvalue weighted by molar-refractivity contribution is 6.52. The van der Waals surface area contributed by atoms with Crippen LogP contribution in [0.25, 0.3) is 6.08 Å². The van der Waals surface area contributed by atoms with Crippen LogP contribution in [0.5, 0.6) is 0 Å². The molecule has 0 spiro atoms. The number of halogens is 1. The van der Waals surface area contributed by atoms with Crippen LogP contribution in [0.3, 0.4) is 0 Å². The van der Waals surface area contributed by atoms with Gasteiger partial charge in [-0.1, -0.05) is 17.6 Å². The van der Waals surface area contributed by atoms with Gasteiger partial charge in [0.05, 0.1) is 22.6 Å². The van der Waals surface area contributed by atoms with Crippen molar-refractivity contribution in [2.24, 2.45) is 0 Å². The lowest BCUT2D eigenvalue weighted by atomic mass is 9.89. The highest BCUT2D eigenvalue weighted by Crippen LogP contribution is 2.37. The van der Waals surface area contributed by atoms with Crippen LogP contribution in [0, 0.1) is 0 Å². The molecule has 0 amide bonds. The Kier molecular flexibility index (Phi) is 3.64. The van der Waals surface area contributed by atoms with Crippen molar-refractivity contribution in [2.75, 3.05) is 5.73 Å². The summed E-state index contributed by atoms with van der Waals surface area (Å²) in [5, 5.41) is 0.302. The molecule has 4 nitrogen and oxygen atoms in total. The van der Waals surface area contributed by atoms with Crippen LogP contribution in [-0.2, 0) is 9.31 Å². The molecule has 19 heavy (non-hydrogen) atoms. The maximum atomic E-state index is 5.87. The molecule has 0 saturated carbocycles. The fraction of sp³-hybridized carbons (Fsp3) is 0.462. The van der Waals surface area contributed by atoms with E-state index >= 15 is 0 Å². The van der Waals surface area contributed by atoms with Crippen molar-refractivity contribution in [2.45, 2.75) is 38.9 Å². The van der Waals surface area contributed by atoms with Gasteiger partial charge in [0, 0.05) is 0 Å². The van der Waals surface area contributed by atoms with Crippen LogP contribution in [0.15, 0.2) is 18.1 Å². The second-order valence-electron chi connectivity index (χ2n) is 5.60. The van der Waals surface area contributed by atoms with E-state index in [1.165, 1.54) is 0 Å². The van der Waals surface area contributed by atoms with Crippen LogP contribution in [0.1, 0.15) is 33.4 Å². The van der Waals surface area contributed by atoms with Gasteiger partial charge >= 0.3 is 7.12 Å². The molecule has 0 bridgehead atoms. The van der Waals surface area contributed by atoms with E-state index in [1.54, 1.807) is 12.1 Å². The Hall–Kier alpha value is -1.04. The molecule has 0 radical (unpaired) electrons. The smallest absolute Gasteiger partial charge is 0.400 e. The van der Waals surface area contributed by atoms with Gasteiger partial charge < -0.3 is 15.0 Å². The molecule has 1 aromatic heterocycles. The van der Waals surface area contributed by atoms with E-state index in [0.29, 0.717) is 16.5 Å². The van der Waals surface area contributed by atoms with Gasteiger partial charge in [-0.05, 0) is 45.9 Å². The summed E-state index contributed by atoms with van der Waals surface area (Å²) in [6.07, 6.45) is 1.81. The van der Waals surface area contributed by atoms with Gasteiger partial charge in [-0.3, -0.25) is 0 Å². The normalized spacial score (nSPS) is 21.2. The minimum Gasteiger partial charge on any atom is -0.400 e. The predicted octanol–water partition coefficient (Wildman–Crippen LogP) is 2.96. The summed E-state index contributed by atoms with van der Waals surface area (Å²) in [5.74, 6) is 1.82. The zero-order chi connectivity index (χ0) is 14.3. The standard InChI is InChI=1S/C13H18BClN2O2/c1-12(2)13(3,4)19-14(18-12)8-7-9-5-6-10(16)11(15)17-9/h5-8H,16H2,1-4H3/b8-7+. The molecule has 2 rings (SSSR count). The summed E-state index contributed by atoms with van der Waals surface area (Å²) >= 11 is 5.87. The molecule has 0 atom stereocenters. The molecule has 1 aromatic rings. The molecule has 1 aliphatic rings. The molecule has 0 aromatic carbocycles. The summed E-state index contributed by atoms with van der Waals surface area (Å²) in [5.41, 5.74) is 6.12. The predicted molar refractivity (Wildman–Crippen MR) is 78.8 cm³/mol. The third-order valence-corrected chi connectivity index (χ3v) is 3.90. The Morgan fingerprint density at radius 3 is 2.32 bits per heavy atom. The van der Waals surface area contributed by atoms with Crippen molar-refractivity contribution in [3.8, 4) is 0 Å². The first-order valence-corrected chi connectivity index (χ1v) is 6.55. The number of nitrogen functional groups attached to an aromatic ring is 1. The van der Waals surface area contributed by atoms with Crippen LogP contribution >= 0.6 is 11.6 Å². The van der Waals surface area contributed by atoms with E-state index in [2.05, 4.69) is 4.98 Å². The molecule has 1 saturated heterocycles. The molecule has 0 unspecified atom stereocenters. The first-order chi connectivity index (χ1) is 8.71. The Labute approximate surface area is 119 Å². The molecular weight excluding hydrogens is 262 g/mol. The minimum atomic E-state index is -0.386. The van der Waals surface area contributed by atoms with Crippen molar-refractivity contribution < 1.29 is 9.31 Å². The number of rotatable bonds is 2. The highest BCUT2D eigenvalue weighted by atomic mass is 35.5. The van der Waals surface area contributed by atoms with Gasteiger partial charge in [0.25, 0.3) is 0 Å². The average molecular weight is 281 g/mol. The minimum absolute atomic E-state index is 0.302. The monoisotopic (exact) mass is 280 g/mol. The lowest BCUT2D eigenvalue weighted by Crippen LogP contribution is -2.41. The van der Waals surface area contributed by atoms with Gasteiger partial charge in [0.15, 0.2) is 5.15 Å². The highest BCUT2D eigenvalue weighted by Gasteiger charge is 2.49. The summed E-state index contributed by atoms with van der Waals surface area (Å²) in [4.78, 5) is 4.15. The summed E-state index contributed by atoms with van der Waals surface area (Å²) < 4.78 is 11.7. The van der Waals surface area contributed by atoms with Crippen molar-refractivity contribution in [3.63, 3.8) is 0 Å². The molecule has 1 aliphatic heterocycles. The van der Waals surface area contributed by atoms with E-state index in [4.69, 9.17) is 26.6 Å². The van der Waals surface area contributed by atoms with E-state index in [0.717, 1.165) is 0 Å². The fourth-order valence-corrected chi connectivity index (χ4v) is 1.86. The maximum Gasteiger partial charge on any atom is 0.487 e. The molecule has 1 fully saturated rings. The first-order valence-electron chi connectivity index (χ1n) is 6.17. The van der Waals surface area contributed by atoms with E-state index in [1.807, 2.05) is 39.7 Å². The number of aromatic nitrogens is 1.